The Kier molecular flexibility index (Phi) is 6.74. The number of carbonyl (C=O) groups is 2. The molecule has 0 amide bonds. The Balaban J connectivity index is 1.80. The Morgan fingerprint density at radius 2 is 1.00 bits per heavy atom. The van der Waals surface area contributed by atoms with Gasteiger partial charge in [0.05, 0.1) is 13.2 Å². The minimum Gasteiger partial charge on any atom is -0.465 e. The van der Waals surface area contributed by atoms with Gasteiger partial charge in [-0.3, -0.25) is 9.59 Å². The first-order valence-corrected chi connectivity index (χ1v) is 11.4. The Labute approximate surface area is 194 Å². The molecule has 4 nitrogen and oxygen atoms in total. The van der Waals surface area contributed by atoms with Crippen LogP contribution in [0.3, 0.4) is 0 Å². The second-order valence-corrected chi connectivity index (χ2v) is 8.24. The molecule has 0 aliphatic heterocycles. The Bertz CT molecular complexity index is 1190. The highest BCUT2D eigenvalue weighted by Crippen LogP contribution is 2.34. The van der Waals surface area contributed by atoms with E-state index in [2.05, 4.69) is 0 Å². The highest BCUT2D eigenvalue weighted by Gasteiger charge is 2.49. The summed E-state index contributed by atoms with van der Waals surface area (Å²) in [6.07, 6.45) is 0.394. The molecule has 0 atom stereocenters. The van der Waals surface area contributed by atoms with Gasteiger partial charge in [0.2, 0.25) is 0 Å². The maximum absolute atomic E-state index is 13.4. The molecule has 0 aliphatic rings. The number of hydrogen-bond acceptors (Lipinski definition) is 4. The van der Waals surface area contributed by atoms with Crippen LogP contribution in [0.25, 0.3) is 21.5 Å². The quantitative estimate of drug-likeness (QED) is 0.253. The van der Waals surface area contributed by atoms with Crippen LogP contribution >= 0.6 is 0 Å². The van der Waals surface area contributed by atoms with Crippen molar-refractivity contribution in [1.29, 1.82) is 0 Å². The van der Waals surface area contributed by atoms with Gasteiger partial charge in [0.1, 0.15) is 0 Å². The Morgan fingerprint density at radius 3 is 1.39 bits per heavy atom. The zero-order valence-corrected chi connectivity index (χ0v) is 19.0. The molecule has 0 heterocycles. The number of fused-ring (bicyclic) bond motifs is 2. The molecule has 0 fully saturated rings. The van der Waals surface area contributed by atoms with Crippen LogP contribution in [-0.2, 0) is 31.9 Å². The molecule has 33 heavy (non-hydrogen) atoms. The maximum atomic E-state index is 13.4. The van der Waals surface area contributed by atoms with Crippen LogP contribution in [0.5, 0.6) is 0 Å². The van der Waals surface area contributed by atoms with Crippen molar-refractivity contribution in [3.8, 4) is 0 Å². The van der Waals surface area contributed by atoms with E-state index in [-0.39, 0.29) is 26.1 Å². The van der Waals surface area contributed by atoms with Crippen LogP contribution < -0.4 is 0 Å². The van der Waals surface area contributed by atoms with Crippen molar-refractivity contribution < 1.29 is 19.1 Å². The molecule has 0 radical (unpaired) electrons. The fourth-order valence-corrected chi connectivity index (χ4v) is 4.37. The van der Waals surface area contributed by atoms with Crippen molar-refractivity contribution in [1.82, 2.24) is 0 Å². The lowest BCUT2D eigenvalue weighted by Crippen LogP contribution is -2.45. The van der Waals surface area contributed by atoms with Gasteiger partial charge in [0, 0.05) is 0 Å². The number of benzene rings is 4. The normalized spacial score (nSPS) is 11.5. The van der Waals surface area contributed by atoms with E-state index in [1.165, 1.54) is 0 Å². The summed E-state index contributed by atoms with van der Waals surface area (Å²) in [4.78, 5) is 26.8. The number of hydrogen-bond donors (Lipinski definition) is 0. The van der Waals surface area contributed by atoms with Crippen LogP contribution in [-0.4, -0.2) is 25.2 Å². The lowest BCUT2D eigenvalue weighted by Gasteiger charge is -2.29. The third-order valence-electron chi connectivity index (χ3n) is 5.97. The SMILES string of the molecule is CCOC(=O)C(Cc1ccc2ccccc2c1)(Cc1ccc2ccccc2c1)C(=O)OCC. The lowest BCUT2D eigenvalue weighted by molar-refractivity contribution is -0.172. The van der Waals surface area contributed by atoms with E-state index in [1.54, 1.807) is 13.8 Å². The summed E-state index contributed by atoms with van der Waals surface area (Å²) in [5.41, 5.74) is 0.294. The molecule has 0 aromatic heterocycles. The van der Waals surface area contributed by atoms with E-state index in [9.17, 15) is 9.59 Å². The molecule has 0 saturated carbocycles. The molecule has 4 aromatic rings. The van der Waals surface area contributed by atoms with E-state index in [0.29, 0.717) is 0 Å². The third-order valence-corrected chi connectivity index (χ3v) is 5.97. The molecule has 4 aromatic carbocycles. The van der Waals surface area contributed by atoms with Gasteiger partial charge in [-0.05, 0) is 59.4 Å². The third kappa shape index (κ3) is 4.75. The van der Waals surface area contributed by atoms with Crippen LogP contribution in [0.1, 0.15) is 25.0 Å². The first-order valence-electron chi connectivity index (χ1n) is 11.4. The molecule has 4 rings (SSSR count). The number of ether oxygens (including phenoxy) is 2. The summed E-state index contributed by atoms with van der Waals surface area (Å²) in [7, 11) is 0. The molecular weight excluding hydrogens is 412 g/mol. The second-order valence-electron chi connectivity index (χ2n) is 8.24. The lowest BCUT2D eigenvalue weighted by atomic mass is 9.76. The van der Waals surface area contributed by atoms with Gasteiger partial charge in [-0.2, -0.15) is 0 Å². The zero-order chi connectivity index (χ0) is 23.3. The Morgan fingerprint density at radius 1 is 0.606 bits per heavy atom. The average Bonchev–Trinajstić information content (AvgIpc) is 2.83. The summed E-state index contributed by atoms with van der Waals surface area (Å²) in [6.45, 7) is 3.88. The molecule has 4 heteroatoms. The highest BCUT2D eigenvalue weighted by atomic mass is 16.6. The minimum atomic E-state index is -1.48. The fourth-order valence-electron chi connectivity index (χ4n) is 4.37. The topological polar surface area (TPSA) is 52.6 Å². The minimum absolute atomic E-state index is 0.190. The first-order chi connectivity index (χ1) is 16.1. The summed E-state index contributed by atoms with van der Waals surface area (Å²) in [6, 6.07) is 28.1. The second kappa shape index (κ2) is 9.86. The molecule has 0 spiro atoms. The summed E-state index contributed by atoms with van der Waals surface area (Å²) < 4.78 is 10.9. The fraction of sp³-hybridized carbons (Fsp3) is 0.241. The standard InChI is InChI=1S/C29H28O4/c1-3-32-27(30)29(28(31)33-4-2,19-21-13-15-23-9-5-7-11-25(23)17-21)20-22-14-16-24-10-6-8-12-26(24)18-22/h5-18H,3-4,19-20H2,1-2H3. The average molecular weight is 441 g/mol. The smallest absolute Gasteiger partial charge is 0.324 e. The number of carbonyl (C=O) groups excluding carboxylic acids is 2. The van der Waals surface area contributed by atoms with Crippen molar-refractivity contribution in [3.63, 3.8) is 0 Å². The number of esters is 2. The van der Waals surface area contributed by atoms with E-state index >= 15 is 0 Å². The summed E-state index contributed by atoms with van der Waals surface area (Å²) in [5.74, 6) is -1.10. The van der Waals surface area contributed by atoms with Crippen LogP contribution in [0.4, 0.5) is 0 Å². The molecule has 0 N–H and O–H groups in total. The Hall–Kier alpha value is -3.66. The largest absolute Gasteiger partial charge is 0.465 e. The van der Waals surface area contributed by atoms with Gasteiger partial charge in [0.25, 0.3) is 0 Å². The van der Waals surface area contributed by atoms with E-state index in [0.717, 1.165) is 32.7 Å². The van der Waals surface area contributed by atoms with Crippen LogP contribution in [0.15, 0.2) is 84.9 Å². The molecule has 0 aliphatic carbocycles. The van der Waals surface area contributed by atoms with Crippen LogP contribution in [0.2, 0.25) is 0 Å². The van der Waals surface area contributed by atoms with Gasteiger partial charge >= 0.3 is 11.9 Å². The van der Waals surface area contributed by atoms with Gasteiger partial charge in [-0.1, -0.05) is 84.9 Å². The van der Waals surface area contributed by atoms with Crippen molar-refractivity contribution >= 4 is 33.5 Å². The van der Waals surface area contributed by atoms with Crippen molar-refractivity contribution in [3.05, 3.63) is 96.1 Å². The van der Waals surface area contributed by atoms with Gasteiger partial charge in [0.15, 0.2) is 5.41 Å². The number of rotatable bonds is 8. The van der Waals surface area contributed by atoms with E-state index in [4.69, 9.17) is 9.47 Å². The van der Waals surface area contributed by atoms with Crippen molar-refractivity contribution in [2.75, 3.05) is 13.2 Å². The van der Waals surface area contributed by atoms with Gasteiger partial charge in [-0.15, -0.1) is 0 Å². The van der Waals surface area contributed by atoms with Gasteiger partial charge in [-0.25, -0.2) is 0 Å². The predicted octanol–water partition coefficient (Wildman–Crippen LogP) is 5.89. The summed E-state index contributed by atoms with van der Waals surface area (Å²) in [5, 5.41) is 4.33. The molecular formula is C29H28O4. The monoisotopic (exact) mass is 440 g/mol. The molecule has 0 unspecified atom stereocenters. The summed E-state index contributed by atoms with van der Waals surface area (Å²) >= 11 is 0. The zero-order valence-electron chi connectivity index (χ0n) is 19.0. The van der Waals surface area contributed by atoms with Gasteiger partial charge < -0.3 is 9.47 Å². The maximum Gasteiger partial charge on any atom is 0.324 e. The van der Waals surface area contributed by atoms with Crippen LogP contribution in [0, 0.1) is 5.41 Å². The van der Waals surface area contributed by atoms with Crippen molar-refractivity contribution in [2.45, 2.75) is 26.7 Å². The predicted molar refractivity (Wildman–Crippen MR) is 131 cm³/mol. The van der Waals surface area contributed by atoms with E-state index in [1.807, 2.05) is 84.9 Å². The van der Waals surface area contributed by atoms with Crippen molar-refractivity contribution in [2.24, 2.45) is 5.41 Å². The highest BCUT2D eigenvalue weighted by molar-refractivity contribution is 6.01. The van der Waals surface area contributed by atoms with E-state index < -0.39 is 17.4 Å². The molecule has 0 bridgehead atoms. The molecule has 168 valence electrons. The first kappa shape index (κ1) is 22.5. The molecule has 0 saturated heterocycles.